The maximum absolute atomic E-state index is 5.86. The summed E-state index contributed by atoms with van der Waals surface area (Å²) in [6.45, 7) is 5.93. The van der Waals surface area contributed by atoms with Crippen LogP contribution in [0.2, 0.25) is 0 Å². The lowest BCUT2D eigenvalue weighted by atomic mass is 10.1. The van der Waals surface area contributed by atoms with E-state index in [2.05, 4.69) is 34.5 Å². The second kappa shape index (κ2) is 4.97. The number of nitrogens with one attached hydrogen (secondary N) is 1. The van der Waals surface area contributed by atoms with Gasteiger partial charge in [0, 0.05) is 13.2 Å². The fraction of sp³-hybridized carbons (Fsp3) is 0.545. The van der Waals surface area contributed by atoms with Crippen molar-refractivity contribution in [1.82, 2.24) is 20.0 Å². The van der Waals surface area contributed by atoms with Gasteiger partial charge in [-0.1, -0.05) is 18.9 Å². The van der Waals surface area contributed by atoms with Gasteiger partial charge in [0.05, 0.1) is 11.4 Å². The van der Waals surface area contributed by atoms with E-state index in [1.165, 1.54) is 0 Å². The predicted octanol–water partition coefficient (Wildman–Crippen LogP) is 2.97. The van der Waals surface area contributed by atoms with Crippen LogP contribution in [0.1, 0.15) is 43.7 Å². The third-order valence-electron chi connectivity index (χ3n) is 2.43. The fourth-order valence-corrected chi connectivity index (χ4v) is 1.68. The Morgan fingerprint density at radius 2 is 2.06 bits per heavy atom. The van der Waals surface area contributed by atoms with Gasteiger partial charge >= 0.3 is 6.01 Å². The monoisotopic (exact) mass is 269 g/mol. The fourth-order valence-electron chi connectivity index (χ4n) is 1.59. The Balaban J connectivity index is 2.22. The Labute approximate surface area is 110 Å². The summed E-state index contributed by atoms with van der Waals surface area (Å²) in [6.07, 6.45) is 1.88. The maximum Gasteiger partial charge on any atom is 0.320 e. The van der Waals surface area contributed by atoms with Gasteiger partial charge in [-0.3, -0.25) is 4.68 Å². The third-order valence-corrected chi connectivity index (χ3v) is 2.61. The second-order valence-corrected chi connectivity index (χ2v) is 5.10. The molecule has 1 unspecified atom stereocenters. The molecule has 7 heteroatoms. The Morgan fingerprint density at radius 1 is 1.33 bits per heavy atom. The lowest BCUT2D eigenvalue weighted by molar-refractivity contribution is 0.509. The van der Waals surface area contributed by atoms with E-state index in [1.54, 1.807) is 11.6 Å². The summed E-state index contributed by atoms with van der Waals surface area (Å²) < 4.78 is 7.14. The van der Waals surface area contributed by atoms with Gasteiger partial charge in [-0.25, -0.2) is 0 Å². The highest BCUT2D eigenvalue weighted by Gasteiger charge is 2.15. The van der Waals surface area contributed by atoms with Crippen molar-refractivity contribution >= 4 is 23.3 Å². The molecule has 2 rings (SSSR count). The first-order valence-electron chi connectivity index (χ1n) is 5.75. The van der Waals surface area contributed by atoms with Crippen LogP contribution in [-0.2, 0) is 7.05 Å². The number of rotatable bonds is 4. The van der Waals surface area contributed by atoms with Crippen molar-refractivity contribution in [2.45, 2.75) is 32.1 Å². The van der Waals surface area contributed by atoms with E-state index in [9.17, 15) is 0 Å². The SMILES string of the molecule is CC(C)c1nn(C)cc1Nc1nnc(C(C)Cl)o1. The molecule has 0 saturated carbocycles. The van der Waals surface area contributed by atoms with Crippen LogP contribution in [0.3, 0.4) is 0 Å². The van der Waals surface area contributed by atoms with Crippen molar-refractivity contribution in [1.29, 1.82) is 0 Å². The molecule has 0 aromatic carbocycles. The zero-order valence-corrected chi connectivity index (χ0v) is 11.6. The van der Waals surface area contributed by atoms with Crippen molar-refractivity contribution in [3.8, 4) is 0 Å². The van der Waals surface area contributed by atoms with Crippen LogP contribution in [0.5, 0.6) is 0 Å². The predicted molar refractivity (Wildman–Crippen MR) is 69.1 cm³/mol. The van der Waals surface area contributed by atoms with Gasteiger partial charge in [0.25, 0.3) is 0 Å². The summed E-state index contributed by atoms with van der Waals surface area (Å²) in [5.41, 5.74) is 1.82. The van der Waals surface area contributed by atoms with Gasteiger partial charge in [0.2, 0.25) is 5.89 Å². The molecule has 0 aliphatic heterocycles. The molecule has 6 nitrogen and oxygen atoms in total. The molecule has 0 amide bonds. The zero-order valence-electron chi connectivity index (χ0n) is 10.8. The molecule has 0 radical (unpaired) electrons. The lowest BCUT2D eigenvalue weighted by Gasteiger charge is -2.04. The van der Waals surface area contributed by atoms with E-state index >= 15 is 0 Å². The van der Waals surface area contributed by atoms with Crippen molar-refractivity contribution in [3.05, 3.63) is 17.8 Å². The van der Waals surface area contributed by atoms with Crippen LogP contribution in [0.25, 0.3) is 0 Å². The number of alkyl halides is 1. The lowest BCUT2D eigenvalue weighted by Crippen LogP contribution is -1.96. The first-order chi connectivity index (χ1) is 8.47. The van der Waals surface area contributed by atoms with Crippen LogP contribution >= 0.6 is 11.6 Å². The molecule has 1 atom stereocenters. The molecule has 0 bridgehead atoms. The van der Waals surface area contributed by atoms with E-state index in [0.717, 1.165) is 11.4 Å². The normalized spacial score (nSPS) is 13.0. The first kappa shape index (κ1) is 12.9. The highest BCUT2D eigenvalue weighted by molar-refractivity contribution is 6.20. The first-order valence-corrected chi connectivity index (χ1v) is 6.19. The number of nitrogens with zero attached hydrogens (tertiary/aromatic N) is 4. The van der Waals surface area contributed by atoms with Crippen LogP contribution in [-0.4, -0.2) is 20.0 Å². The molecular formula is C11H16ClN5O. The van der Waals surface area contributed by atoms with E-state index in [1.807, 2.05) is 13.2 Å². The molecule has 0 spiro atoms. The molecule has 0 saturated heterocycles. The van der Waals surface area contributed by atoms with Crippen LogP contribution in [0.15, 0.2) is 10.6 Å². The van der Waals surface area contributed by atoms with Crippen LogP contribution in [0, 0.1) is 0 Å². The Morgan fingerprint density at radius 3 is 2.61 bits per heavy atom. The number of hydrogen-bond donors (Lipinski definition) is 1. The molecule has 18 heavy (non-hydrogen) atoms. The smallest absolute Gasteiger partial charge is 0.320 e. The van der Waals surface area contributed by atoms with Crippen molar-refractivity contribution in [2.24, 2.45) is 7.05 Å². The Kier molecular flexibility index (Phi) is 3.56. The van der Waals surface area contributed by atoms with Crippen LogP contribution < -0.4 is 5.32 Å². The van der Waals surface area contributed by atoms with Gasteiger partial charge in [-0.15, -0.1) is 16.7 Å². The largest absolute Gasteiger partial charge is 0.406 e. The summed E-state index contributed by atoms with van der Waals surface area (Å²) in [4.78, 5) is 0. The molecule has 0 fully saturated rings. The minimum absolute atomic E-state index is 0.300. The number of aryl methyl sites for hydroxylation is 1. The van der Waals surface area contributed by atoms with Crippen molar-refractivity contribution < 1.29 is 4.42 Å². The summed E-state index contributed by atoms with van der Waals surface area (Å²) >= 11 is 5.86. The Hall–Kier alpha value is -1.56. The van der Waals surface area contributed by atoms with E-state index in [-0.39, 0.29) is 5.38 Å². The molecule has 1 N–H and O–H groups in total. The minimum Gasteiger partial charge on any atom is -0.406 e. The van der Waals surface area contributed by atoms with Crippen molar-refractivity contribution in [2.75, 3.05) is 5.32 Å². The summed E-state index contributed by atoms with van der Waals surface area (Å²) in [5.74, 6) is 0.706. The standard InChI is InChI=1S/C11H16ClN5O/c1-6(2)9-8(5-17(4)16-9)13-11-15-14-10(18-11)7(3)12/h5-7H,1-4H3,(H,13,15). The topological polar surface area (TPSA) is 68.8 Å². The summed E-state index contributed by atoms with van der Waals surface area (Å²) in [6, 6.07) is 0.326. The Bertz CT molecular complexity index is 531. The van der Waals surface area contributed by atoms with Crippen LogP contribution in [0.4, 0.5) is 11.7 Å². The highest BCUT2D eigenvalue weighted by Crippen LogP contribution is 2.26. The average Bonchev–Trinajstić information content (AvgIpc) is 2.86. The number of halogens is 1. The molecule has 2 aromatic heterocycles. The molecule has 2 aromatic rings. The number of hydrogen-bond acceptors (Lipinski definition) is 5. The summed E-state index contributed by atoms with van der Waals surface area (Å²) in [5, 5.41) is 14.9. The quantitative estimate of drug-likeness (QED) is 0.864. The molecular weight excluding hydrogens is 254 g/mol. The minimum atomic E-state index is -0.300. The van der Waals surface area contributed by atoms with Gasteiger partial charge in [0.1, 0.15) is 5.38 Å². The number of aromatic nitrogens is 4. The van der Waals surface area contributed by atoms with Crippen molar-refractivity contribution in [3.63, 3.8) is 0 Å². The van der Waals surface area contributed by atoms with Gasteiger partial charge in [0.15, 0.2) is 0 Å². The van der Waals surface area contributed by atoms with E-state index < -0.39 is 0 Å². The van der Waals surface area contributed by atoms with Gasteiger partial charge < -0.3 is 9.73 Å². The van der Waals surface area contributed by atoms with Gasteiger partial charge in [-0.2, -0.15) is 5.10 Å². The molecule has 2 heterocycles. The zero-order chi connectivity index (χ0) is 13.3. The third kappa shape index (κ3) is 2.64. The molecule has 0 aliphatic rings. The summed E-state index contributed by atoms with van der Waals surface area (Å²) in [7, 11) is 1.87. The van der Waals surface area contributed by atoms with E-state index in [0.29, 0.717) is 17.8 Å². The second-order valence-electron chi connectivity index (χ2n) is 4.44. The maximum atomic E-state index is 5.86. The van der Waals surface area contributed by atoms with Gasteiger partial charge in [-0.05, 0) is 12.8 Å². The number of anilines is 2. The molecule has 0 aliphatic carbocycles. The molecule has 98 valence electrons. The average molecular weight is 270 g/mol. The highest BCUT2D eigenvalue weighted by atomic mass is 35.5. The van der Waals surface area contributed by atoms with E-state index in [4.69, 9.17) is 16.0 Å².